The van der Waals surface area contributed by atoms with Gasteiger partial charge in [-0.15, -0.1) is 0 Å². The van der Waals surface area contributed by atoms with Gasteiger partial charge < -0.3 is 10.6 Å². The Morgan fingerprint density at radius 2 is 2.22 bits per heavy atom. The Morgan fingerprint density at radius 1 is 1.44 bits per heavy atom. The molecule has 2 rings (SSSR count). The van der Waals surface area contributed by atoms with Gasteiger partial charge in [-0.2, -0.15) is 0 Å². The summed E-state index contributed by atoms with van der Waals surface area (Å²) in [6.07, 6.45) is 3.24. The lowest BCUT2D eigenvalue weighted by molar-refractivity contribution is -0.122. The smallest absolute Gasteiger partial charge is 0.237 e. The second-order valence-electron chi connectivity index (χ2n) is 5.20. The highest BCUT2D eigenvalue weighted by Crippen LogP contribution is 2.18. The fourth-order valence-corrected chi connectivity index (χ4v) is 1.95. The molecule has 3 nitrogen and oxygen atoms in total. The molecule has 0 bridgehead atoms. The number of carbonyl (C=O) groups is 1. The van der Waals surface area contributed by atoms with Gasteiger partial charge in [-0.05, 0) is 45.2 Å². The Hall–Kier alpha value is -1.35. The van der Waals surface area contributed by atoms with Gasteiger partial charge in [-0.1, -0.05) is 29.8 Å². The lowest BCUT2D eigenvalue weighted by Gasteiger charge is -2.13. The highest BCUT2D eigenvalue weighted by Gasteiger charge is 2.25. The Bertz CT molecular complexity index is 413. The van der Waals surface area contributed by atoms with Gasteiger partial charge in [0, 0.05) is 6.04 Å². The van der Waals surface area contributed by atoms with Gasteiger partial charge in [0.1, 0.15) is 0 Å². The number of rotatable bonds is 6. The molecule has 98 valence electrons. The van der Waals surface area contributed by atoms with Crippen LogP contribution < -0.4 is 10.6 Å². The predicted molar refractivity (Wildman–Crippen MR) is 73.5 cm³/mol. The summed E-state index contributed by atoms with van der Waals surface area (Å²) in [6.45, 7) is 4.86. The second-order valence-corrected chi connectivity index (χ2v) is 5.20. The van der Waals surface area contributed by atoms with Crippen molar-refractivity contribution in [2.24, 2.45) is 0 Å². The number of amides is 1. The summed E-state index contributed by atoms with van der Waals surface area (Å²) in [4.78, 5) is 11.7. The van der Waals surface area contributed by atoms with Crippen LogP contribution in [-0.4, -0.2) is 24.5 Å². The summed E-state index contributed by atoms with van der Waals surface area (Å²) in [6, 6.07) is 8.84. The monoisotopic (exact) mass is 246 g/mol. The lowest BCUT2D eigenvalue weighted by Crippen LogP contribution is -2.43. The number of aryl methyl sites for hydroxylation is 1. The highest BCUT2D eigenvalue weighted by molar-refractivity contribution is 5.81. The average molecular weight is 246 g/mol. The maximum Gasteiger partial charge on any atom is 0.237 e. The Balaban J connectivity index is 1.69. The predicted octanol–water partition coefficient (Wildman–Crippen LogP) is 1.79. The van der Waals surface area contributed by atoms with Crippen molar-refractivity contribution in [1.82, 2.24) is 10.6 Å². The van der Waals surface area contributed by atoms with E-state index in [2.05, 4.69) is 41.8 Å². The van der Waals surface area contributed by atoms with Crippen molar-refractivity contribution < 1.29 is 4.79 Å². The molecule has 0 heterocycles. The van der Waals surface area contributed by atoms with Gasteiger partial charge in [0.15, 0.2) is 0 Å². The SMILES string of the molecule is Cc1cccc(CCNC(C)C(=O)NC2CC2)c1. The standard InChI is InChI=1S/C15H22N2O/c1-11-4-3-5-13(10-11)8-9-16-12(2)15(18)17-14-6-7-14/h3-5,10,12,14,16H,6-9H2,1-2H3,(H,17,18). The van der Waals surface area contributed by atoms with E-state index in [4.69, 9.17) is 0 Å². The zero-order valence-corrected chi connectivity index (χ0v) is 11.2. The number of benzene rings is 1. The van der Waals surface area contributed by atoms with Gasteiger partial charge in [-0.25, -0.2) is 0 Å². The summed E-state index contributed by atoms with van der Waals surface area (Å²) in [7, 11) is 0. The third-order valence-corrected chi connectivity index (χ3v) is 3.26. The molecule has 1 aromatic rings. The van der Waals surface area contributed by atoms with Crippen LogP contribution in [0.15, 0.2) is 24.3 Å². The van der Waals surface area contributed by atoms with Crippen LogP contribution in [0.25, 0.3) is 0 Å². The molecule has 1 amide bonds. The molecule has 1 aliphatic carbocycles. The normalized spacial score (nSPS) is 16.3. The molecule has 0 aromatic heterocycles. The molecule has 1 saturated carbocycles. The first kappa shape index (κ1) is 13.1. The van der Waals surface area contributed by atoms with Crippen molar-refractivity contribution >= 4 is 5.91 Å². The molecule has 2 N–H and O–H groups in total. The third-order valence-electron chi connectivity index (χ3n) is 3.26. The molecule has 1 aliphatic rings. The lowest BCUT2D eigenvalue weighted by atomic mass is 10.1. The van der Waals surface area contributed by atoms with Crippen LogP contribution in [0.5, 0.6) is 0 Å². The maximum absolute atomic E-state index is 11.7. The van der Waals surface area contributed by atoms with Crippen LogP contribution in [-0.2, 0) is 11.2 Å². The van der Waals surface area contributed by atoms with E-state index in [1.165, 1.54) is 11.1 Å². The Labute approximate surface area is 109 Å². The molecule has 1 unspecified atom stereocenters. The summed E-state index contributed by atoms with van der Waals surface area (Å²) >= 11 is 0. The quantitative estimate of drug-likeness (QED) is 0.803. The topological polar surface area (TPSA) is 41.1 Å². The molecule has 1 fully saturated rings. The molecule has 0 saturated heterocycles. The van der Waals surface area contributed by atoms with E-state index in [9.17, 15) is 4.79 Å². The number of carbonyl (C=O) groups excluding carboxylic acids is 1. The fraction of sp³-hybridized carbons (Fsp3) is 0.533. The van der Waals surface area contributed by atoms with E-state index in [0.29, 0.717) is 6.04 Å². The van der Waals surface area contributed by atoms with E-state index in [1.807, 2.05) is 6.92 Å². The highest BCUT2D eigenvalue weighted by atomic mass is 16.2. The third kappa shape index (κ3) is 4.15. The first-order valence-corrected chi connectivity index (χ1v) is 6.74. The minimum Gasteiger partial charge on any atom is -0.352 e. The molecule has 0 radical (unpaired) electrons. The first-order valence-electron chi connectivity index (χ1n) is 6.74. The molecule has 1 atom stereocenters. The number of hydrogen-bond donors (Lipinski definition) is 2. The van der Waals surface area contributed by atoms with Gasteiger partial charge in [0.25, 0.3) is 0 Å². The Morgan fingerprint density at radius 3 is 2.89 bits per heavy atom. The summed E-state index contributed by atoms with van der Waals surface area (Å²) in [5.41, 5.74) is 2.60. The van der Waals surface area contributed by atoms with Crippen molar-refractivity contribution in [2.45, 2.75) is 45.2 Å². The second kappa shape index (κ2) is 6.01. The van der Waals surface area contributed by atoms with Crippen molar-refractivity contribution in [3.8, 4) is 0 Å². The van der Waals surface area contributed by atoms with Crippen LogP contribution in [0.3, 0.4) is 0 Å². The van der Waals surface area contributed by atoms with Gasteiger partial charge >= 0.3 is 0 Å². The van der Waals surface area contributed by atoms with Crippen molar-refractivity contribution in [3.63, 3.8) is 0 Å². The fourth-order valence-electron chi connectivity index (χ4n) is 1.95. The molecule has 18 heavy (non-hydrogen) atoms. The van der Waals surface area contributed by atoms with Crippen molar-refractivity contribution in [3.05, 3.63) is 35.4 Å². The van der Waals surface area contributed by atoms with Crippen LogP contribution >= 0.6 is 0 Å². The molecular formula is C15H22N2O. The van der Waals surface area contributed by atoms with Gasteiger partial charge in [0.05, 0.1) is 6.04 Å². The van der Waals surface area contributed by atoms with E-state index in [-0.39, 0.29) is 11.9 Å². The van der Waals surface area contributed by atoms with Crippen molar-refractivity contribution in [1.29, 1.82) is 0 Å². The molecular weight excluding hydrogens is 224 g/mol. The number of nitrogens with one attached hydrogen (secondary N) is 2. The molecule has 0 aliphatic heterocycles. The van der Waals surface area contributed by atoms with Crippen LogP contribution in [0.4, 0.5) is 0 Å². The van der Waals surface area contributed by atoms with E-state index in [1.54, 1.807) is 0 Å². The summed E-state index contributed by atoms with van der Waals surface area (Å²) in [5.74, 6) is 0.127. The first-order chi connectivity index (χ1) is 8.65. The van der Waals surface area contributed by atoms with Crippen LogP contribution in [0, 0.1) is 6.92 Å². The van der Waals surface area contributed by atoms with Crippen molar-refractivity contribution in [2.75, 3.05) is 6.54 Å². The van der Waals surface area contributed by atoms with Gasteiger partial charge in [-0.3, -0.25) is 4.79 Å². The number of hydrogen-bond acceptors (Lipinski definition) is 2. The zero-order chi connectivity index (χ0) is 13.0. The van der Waals surface area contributed by atoms with E-state index in [0.717, 1.165) is 25.8 Å². The zero-order valence-electron chi connectivity index (χ0n) is 11.2. The minimum absolute atomic E-state index is 0.101. The molecule has 1 aromatic carbocycles. The summed E-state index contributed by atoms with van der Waals surface area (Å²) < 4.78 is 0. The molecule has 3 heteroatoms. The Kier molecular flexibility index (Phi) is 4.37. The summed E-state index contributed by atoms with van der Waals surface area (Å²) in [5, 5.41) is 6.28. The maximum atomic E-state index is 11.7. The van der Waals surface area contributed by atoms with E-state index >= 15 is 0 Å². The minimum atomic E-state index is -0.101. The largest absolute Gasteiger partial charge is 0.352 e. The van der Waals surface area contributed by atoms with Gasteiger partial charge in [0.2, 0.25) is 5.91 Å². The molecule has 0 spiro atoms. The average Bonchev–Trinajstić information content (AvgIpc) is 3.13. The van der Waals surface area contributed by atoms with Crippen LogP contribution in [0.1, 0.15) is 30.9 Å². The van der Waals surface area contributed by atoms with E-state index < -0.39 is 0 Å². The van der Waals surface area contributed by atoms with Crippen LogP contribution in [0.2, 0.25) is 0 Å².